The van der Waals surface area contributed by atoms with Gasteiger partial charge < -0.3 is 25.0 Å². The van der Waals surface area contributed by atoms with Crippen LogP contribution in [0.2, 0.25) is 0 Å². The van der Waals surface area contributed by atoms with Crippen LogP contribution in [-0.2, 0) is 4.79 Å². The fourth-order valence-electron chi connectivity index (χ4n) is 3.42. The van der Waals surface area contributed by atoms with Crippen molar-refractivity contribution in [2.75, 3.05) is 23.9 Å². The Morgan fingerprint density at radius 1 is 0.935 bits per heavy atom. The van der Waals surface area contributed by atoms with Gasteiger partial charge in [-0.05, 0) is 48.5 Å². The molecule has 0 bridgehead atoms. The van der Waals surface area contributed by atoms with Gasteiger partial charge in [0.15, 0.2) is 0 Å². The number of nitrogens with one attached hydrogen (secondary N) is 2. The normalized spacial score (nSPS) is 15.5. The molecule has 0 radical (unpaired) electrons. The lowest BCUT2D eigenvalue weighted by Gasteiger charge is -2.18. The maximum absolute atomic E-state index is 12.4. The van der Waals surface area contributed by atoms with Crippen molar-refractivity contribution in [1.29, 1.82) is 0 Å². The van der Waals surface area contributed by atoms with Crippen molar-refractivity contribution in [1.82, 2.24) is 5.32 Å². The third kappa shape index (κ3) is 5.14. The number of rotatable bonds is 6. The van der Waals surface area contributed by atoms with Gasteiger partial charge in [0, 0.05) is 30.4 Å². The lowest BCUT2D eigenvalue weighted by atomic mass is 10.2. The van der Waals surface area contributed by atoms with Crippen LogP contribution in [0.15, 0.2) is 78.9 Å². The number of carbonyl (C=O) groups excluding carboxylic acids is 2. The van der Waals surface area contributed by atoms with Crippen molar-refractivity contribution in [2.24, 2.45) is 0 Å². The number of urea groups is 1. The molecule has 4 rings (SSSR count). The number of benzene rings is 3. The highest BCUT2D eigenvalue weighted by Crippen LogP contribution is 2.26. The second-order valence-corrected chi connectivity index (χ2v) is 7.14. The van der Waals surface area contributed by atoms with Gasteiger partial charge in [-0.3, -0.25) is 4.79 Å². The minimum absolute atomic E-state index is 0.0408. The number of ether oxygens (including phenoxy) is 2. The summed E-state index contributed by atoms with van der Waals surface area (Å²) in [7, 11) is 1.58. The van der Waals surface area contributed by atoms with E-state index in [-0.39, 0.29) is 24.4 Å². The third-order valence-corrected chi connectivity index (χ3v) is 4.92. The molecule has 1 atom stereocenters. The molecule has 0 aliphatic carbocycles. The standard InChI is InChI=1S/C24H23N3O4/c1-30-22-9-5-6-19(15-22)27-16-18(14-23(27)28)26-24(29)25-17-10-12-21(13-11-17)31-20-7-3-2-4-8-20/h2-13,15,18H,14,16H2,1H3,(H2,25,26,29). The third-order valence-electron chi connectivity index (χ3n) is 4.92. The minimum Gasteiger partial charge on any atom is -0.497 e. The lowest BCUT2D eigenvalue weighted by Crippen LogP contribution is -2.39. The van der Waals surface area contributed by atoms with Crippen LogP contribution in [0.3, 0.4) is 0 Å². The number of nitrogens with zero attached hydrogens (tertiary/aromatic N) is 1. The highest BCUT2D eigenvalue weighted by molar-refractivity contribution is 5.97. The molecule has 3 amide bonds. The van der Waals surface area contributed by atoms with Crippen LogP contribution < -0.4 is 25.0 Å². The van der Waals surface area contributed by atoms with E-state index in [9.17, 15) is 9.59 Å². The summed E-state index contributed by atoms with van der Waals surface area (Å²) in [6, 6.07) is 23.2. The van der Waals surface area contributed by atoms with Crippen LogP contribution in [0.25, 0.3) is 0 Å². The highest BCUT2D eigenvalue weighted by Gasteiger charge is 2.31. The first-order valence-corrected chi connectivity index (χ1v) is 9.95. The van der Waals surface area contributed by atoms with Crippen molar-refractivity contribution in [3.05, 3.63) is 78.9 Å². The van der Waals surface area contributed by atoms with E-state index in [4.69, 9.17) is 9.47 Å². The average molecular weight is 417 g/mol. The van der Waals surface area contributed by atoms with Gasteiger partial charge in [-0.1, -0.05) is 24.3 Å². The molecule has 1 fully saturated rings. The molecule has 1 aliphatic heterocycles. The summed E-state index contributed by atoms with van der Waals surface area (Å²) < 4.78 is 11.0. The summed E-state index contributed by atoms with van der Waals surface area (Å²) in [5.74, 6) is 2.06. The van der Waals surface area contributed by atoms with Crippen LogP contribution in [0.1, 0.15) is 6.42 Å². The van der Waals surface area contributed by atoms with Gasteiger partial charge in [0.2, 0.25) is 5.91 Å². The zero-order valence-electron chi connectivity index (χ0n) is 17.1. The van der Waals surface area contributed by atoms with Crippen molar-refractivity contribution >= 4 is 23.3 Å². The van der Waals surface area contributed by atoms with E-state index in [0.29, 0.717) is 23.7 Å². The molecule has 7 nitrogen and oxygen atoms in total. The molecule has 3 aromatic carbocycles. The van der Waals surface area contributed by atoms with Gasteiger partial charge in [0.05, 0.1) is 13.2 Å². The Labute approximate surface area is 180 Å². The van der Waals surface area contributed by atoms with Crippen molar-refractivity contribution in [2.45, 2.75) is 12.5 Å². The minimum atomic E-state index is -0.359. The fourth-order valence-corrected chi connectivity index (χ4v) is 3.42. The molecule has 1 aliphatic rings. The number of hydrogen-bond donors (Lipinski definition) is 2. The monoisotopic (exact) mass is 417 g/mol. The van der Waals surface area contributed by atoms with Crippen molar-refractivity contribution in [3.8, 4) is 17.2 Å². The summed E-state index contributed by atoms with van der Waals surface area (Å²) in [5, 5.41) is 5.66. The first-order chi connectivity index (χ1) is 15.1. The van der Waals surface area contributed by atoms with Crippen LogP contribution in [0.4, 0.5) is 16.2 Å². The van der Waals surface area contributed by atoms with Crippen LogP contribution in [0, 0.1) is 0 Å². The van der Waals surface area contributed by atoms with Crippen LogP contribution in [0.5, 0.6) is 17.2 Å². The quantitative estimate of drug-likeness (QED) is 0.622. The van der Waals surface area contributed by atoms with Crippen molar-refractivity contribution in [3.63, 3.8) is 0 Å². The molecule has 158 valence electrons. The average Bonchev–Trinajstić information content (AvgIpc) is 3.15. The highest BCUT2D eigenvalue weighted by atomic mass is 16.5. The largest absolute Gasteiger partial charge is 0.497 e. The van der Waals surface area contributed by atoms with Gasteiger partial charge >= 0.3 is 6.03 Å². The Balaban J connectivity index is 1.31. The zero-order valence-corrected chi connectivity index (χ0v) is 17.1. The van der Waals surface area contributed by atoms with E-state index < -0.39 is 0 Å². The van der Waals surface area contributed by atoms with Gasteiger partial charge in [-0.25, -0.2) is 4.79 Å². The number of anilines is 2. The van der Waals surface area contributed by atoms with Crippen LogP contribution >= 0.6 is 0 Å². The summed E-state index contributed by atoms with van der Waals surface area (Å²) in [5.41, 5.74) is 1.38. The van der Waals surface area contributed by atoms with Crippen LogP contribution in [-0.4, -0.2) is 31.6 Å². The Hall–Kier alpha value is -4.00. The predicted octanol–water partition coefficient (Wildman–Crippen LogP) is 4.41. The first-order valence-electron chi connectivity index (χ1n) is 9.95. The maximum Gasteiger partial charge on any atom is 0.319 e. The Bertz CT molecular complexity index is 1050. The van der Waals surface area contributed by atoms with E-state index >= 15 is 0 Å². The molecule has 0 spiro atoms. The Kier molecular flexibility index (Phi) is 6.03. The number of methoxy groups -OCH3 is 1. The van der Waals surface area contributed by atoms with E-state index in [0.717, 1.165) is 11.4 Å². The molecular weight excluding hydrogens is 394 g/mol. The zero-order chi connectivity index (χ0) is 21.6. The first kappa shape index (κ1) is 20.3. The number of carbonyl (C=O) groups is 2. The smallest absolute Gasteiger partial charge is 0.319 e. The molecule has 0 aromatic heterocycles. The molecule has 1 unspecified atom stereocenters. The summed E-state index contributed by atoms with van der Waals surface area (Å²) in [6.45, 7) is 0.406. The molecule has 31 heavy (non-hydrogen) atoms. The molecular formula is C24H23N3O4. The maximum atomic E-state index is 12.4. The molecule has 1 saturated heterocycles. The van der Waals surface area contributed by atoms with Gasteiger partial charge in [0.25, 0.3) is 0 Å². The second kappa shape index (κ2) is 9.21. The van der Waals surface area contributed by atoms with E-state index in [2.05, 4.69) is 10.6 Å². The molecule has 1 heterocycles. The van der Waals surface area contributed by atoms with Crippen molar-refractivity contribution < 1.29 is 19.1 Å². The van der Waals surface area contributed by atoms with E-state index in [1.165, 1.54) is 0 Å². The molecule has 7 heteroatoms. The number of hydrogen-bond acceptors (Lipinski definition) is 4. The predicted molar refractivity (Wildman–Crippen MR) is 119 cm³/mol. The molecule has 2 N–H and O–H groups in total. The topological polar surface area (TPSA) is 79.9 Å². The fraction of sp³-hybridized carbons (Fsp3) is 0.167. The molecule has 3 aromatic rings. The molecule has 0 saturated carbocycles. The Morgan fingerprint density at radius 2 is 1.65 bits per heavy atom. The van der Waals surface area contributed by atoms with E-state index in [1.807, 2.05) is 48.5 Å². The van der Waals surface area contributed by atoms with Gasteiger partial charge in [-0.15, -0.1) is 0 Å². The summed E-state index contributed by atoms with van der Waals surface area (Å²) >= 11 is 0. The SMILES string of the molecule is COc1cccc(N2CC(NC(=O)Nc3ccc(Oc4ccccc4)cc3)CC2=O)c1. The summed E-state index contributed by atoms with van der Waals surface area (Å²) in [4.78, 5) is 26.5. The summed E-state index contributed by atoms with van der Waals surface area (Å²) in [6.07, 6.45) is 0.245. The number of para-hydroxylation sites is 1. The second-order valence-electron chi connectivity index (χ2n) is 7.14. The van der Waals surface area contributed by atoms with Gasteiger partial charge in [-0.2, -0.15) is 0 Å². The van der Waals surface area contributed by atoms with E-state index in [1.54, 1.807) is 42.3 Å². The van der Waals surface area contributed by atoms with Gasteiger partial charge in [0.1, 0.15) is 17.2 Å². The number of amides is 3. The Morgan fingerprint density at radius 3 is 2.39 bits per heavy atom. The lowest BCUT2D eigenvalue weighted by molar-refractivity contribution is -0.117.